The number of rotatable bonds is 12. The van der Waals surface area contributed by atoms with Crippen LogP contribution in [0.1, 0.15) is 65.2 Å². The minimum absolute atomic E-state index is 0.0848. The molecule has 1 aliphatic carbocycles. The molecule has 2 N–H and O–H groups in total. The van der Waals surface area contributed by atoms with Gasteiger partial charge in [-0.1, -0.05) is 44.7 Å². The van der Waals surface area contributed by atoms with E-state index >= 15 is 0 Å². The van der Waals surface area contributed by atoms with Crippen molar-refractivity contribution in [1.82, 2.24) is 5.32 Å². The lowest BCUT2D eigenvalue weighted by molar-refractivity contribution is -0.119. The van der Waals surface area contributed by atoms with Crippen LogP contribution < -0.4 is 15.5 Å². The number of nitrogens with zero attached hydrogens (tertiary/aromatic N) is 1. The van der Waals surface area contributed by atoms with Gasteiger partial charge in [-0.25, -0.2) is 0 Å². The highest BCUT2D eigenvalue weighted by atomic mass is 35.5. The molecular weight excluding hydrogens is 429 g/mol. The first-order valence-corrected chi connectivity index (χ1v) is 13.3. The number of amides is 2. The highest BCUT2D eigenvalue weighted by molar-refractivity contribution is 7.38. The Balaban J connectivity index is 2.08. The number of benzene rings is 1. The van der Waals surface area contributed by atoms with E-state index in [0.717, 1.165) is 52.4 Å². The first-order chi connectivity index (χ1) is 15.0. The Hall–Kier alpha value is -1.58. The summed E-state index contributed by atoms with van der Waals surface area (Å²) in [5.74, 6) is -0.263. The smallest absolute Gasteiger partial charge is 0.252 e. The Bertz CT molecular complexity index is 782. The Morgan fingerprint density at radius 3 is 2.45 bits per heavy atom. The highest BCUT2D eigenvalue weighted by Crippen LogP contribution is 2.31. The molecule has 0 aromatic heterocycles. The molecule has 7 heteroatoms. The van der Waals surface area contributed by atoms with Gasteiger partial charge in [-0.05, 0) is 56.5 Å². The Morgan fingerprint density at radius 2 is 1.77 bits per heavy atom. The van der Waals surface area contributed by atoms with Crippen molar-refractivity contribution in [2.24, 2.45) is 0 Å². The van der Waals surface area contributed by atoms with E-state index < -0.39 is 0 Å². The third kappa shape index (κ3) is 8.12. The van der Waals surface area contributed by atoms with Gasteiger partial charge in [0.15, 0.2) is 0 Å². The summed E-state index contributed by atoms with van der Waals surface area (Å²) >= 11 is 6.39. The van der Waals surface area contributed by atoms with Gasteiger partial charge in [0.25, 0.3) is 5.91 Å². The molecule has 0 saturated heterocycles. The molecule has 31 heavy (non-hydrogen) atoms. The maximum atomic E-state index is 13.0. The Kier molecular flexibility index (Phi) is 11.4. The third-order valence-corrected chi connectivity index (χ3v) is 7.06. The second kappa shape index (κ2) is 13.8. The fraction of sp³-hybridized carbons (Fsp3) is 0.583. The molecule has 2 amide bonds. The molecule has 0 radical (unpaired) electrons. The van der Waals surface area contributed by atoms with Crippen LogP contribution in [0.25, 0.3) is 0 Å². The van der Waals surface area contributed by atoms with Gasteiger partial charge in [0.05, 0.1) is 10.7 Å². The van der Waals surface area contributed by atoms with Gasteiger partial charge in [0, 0.05) is 36.7 Å². The first-order valence-electron chi connectivity index (χ1n) is 11.5. The van der Waals surface area contributed by atoms with Crippen molar-refractivity contribution in [2.45, 2.75) is 65.2 Å². The standard InChI is InChI=1S/C24H37ClN3O2P/c1-4-6-7-10-15-26-23(29)19-11-8-9-12-20(19)24(30)27-18-13-14-21(25)22(16-18)28(3)17-31-5-2/h13-14,16,31H,4-12,15,17H2,1-3H3,(H,26,29)(H,27,30). The molecule has 0 bridgehead atoms. The van der Waals surface area contributed by atoms with Crippen LogP contribution in [0.4, 0.5) is 11.4 Å². The maximum absolute atomic E-state index is 13.0. The number of unbranched alkanes of at least 4 members (excludes halogenated alkanes) is 3. The Labute approximate surface area is 194 Å². The second-order valence-electron chi connectivity index (χ2n) is 8.06. The number of carbonyl (C=O) groups excluding carboxylic acids is 2. The van der Waals surface area contributed by atoms with E-state index in [9.17, 15) is 9.59 Å². The number of hydrogen-bond acceptors (Lipinski definition) is 3. The van der Waals surface area contributed by atoms with Crippen molar-refractivity contribution in [3.63, 3.8) is 0 Å². The van der Waals surface area contributed by atoms with Crippen molar-refractivity contribution in [3.05, 3.63) is 34.4 Å². The molecule has 2 rings (SSSR count). The van der Waals surface area contributed by atoms with Crippen LogP contribution in [0.15, 0.2) is 29.3 Å². The number of anilines is 2. The van der Waals surface area contributed by atoms with E-state index in [1.807, 2.05) is 25.2 Å². The van der Waals surface area contributed by atoms with Crippen molar-refractivity contribution < 1.29 is 9.59 Å². The van der Waals surface area contributed by atoms with E-state index in [-0.39, 0.29) is 11.8 Å². The van der Waals surface area contributed by atoms with Gasteiger partial charge in [0.1, 0.15) is 0 Å². The SMILES string of the molecule is CCCCCCNC(=O)C1=C(C(=O)Nc2ccc(Cl)c(N(C)CPCC)c2)CCCC1. The van der Waals surface area contributed by atoms with E-state index in [2.05, 4.69) is 29.4 Å². The summed E-state index contributed by atoms with van der Waals surface area (Å²) in [6.45, 7) is 5.01. The molecule has 1 atom stereocenters. The average Bonchev–Trinajstić information content (AvgIpc) is 2.78. The monoisotopic (exact) mass is 465 g/mol. The molecule has 172 valence electrons. The molecule has 0 spiro atoms. The van der Waals surface area contributed by atoms with Crippen molar-refractivity contribution in [2.75, 3.05) is 36.3 Å². The lowest BCUT2D eigenvalue weighted by Crippen LogP contribution is -2.30. The predicted molar refractivity (Wildman–Crippen MR) is 135 cm³/mol. The first kappa shape index (κ1) is 25.7. The summed E-state index contributed by atoms with van der Waals surface area (Å²) in [7, 11) is 2.85. The van der Waals surface area contributed by atoms with Crippen LogP contribution >= 0.6 is 20.2 Å². The number of carbonyl (C=O) groups is 2. The summed E-state index contributed by atoms with van der Waals surface area (Å²) in [4.78, 5) is 27.9. The van der Waals surface area contributed by atoms with Crippen LogP contribution in [0.5, 0.6) is 0 Å². The Morgan fingerprint density at radius 1 is 1.06 bits per heavy atom. The number of halogens is 1. The third-order valence-electron chi connectivity index (χ3n) is 5.55. The zero-order valence-corrected chi connectivity index (χ0v) is 20.9. The molecule has 0 heterocycles. The van der Waals surface area contributed by atoms with Crippen molar-refractivity contribution in [1.29, 1.82) is 0 Å². The zero-order chi connectivity index (χ0) is 22.6. The summed E-state index contributed by atoms with van der Waals surface area (Å²) in [5, 5.41) is 6.68. The number of nitrogens with one attached hydrogen (secondary N) is 2. The minimum atomic E-state index is -0.179. The summed E-state index contributed by atoms with van der Waals surface area (Å²) in [6, 6.07) is 5.55. The summed E-state index contributed by atoms with van der Waals surface area (Å²) < 4.78 is 0. The minimum Gasteiger partial charge on any atom is -0.369 e. The molecule has 1 aliphatic rings. The largest absolute Gasteiger partial charge is 0.369 e. The van der Waals surface area contributed by atoms with Crippen LogP contribution in [-0.2, 0) is 9.59 Å². The van der Waals surface area contributed by atoms with Gasteiger partial charge in [-0.3, -0.25) is 9.59 Å². The zero-order valence-electron chi connectivity index (χ0n) is 19.2. The molecule has 1 aromatic carbocycles. The molecule has 1 unspecified atom stereocenters. The van der Waals surface area contributed by atoms with Gasteiger partial charge >= 0.3 is 0 Å². The number of hydrogen-bond donors (Lipinski definition) is 2. The van der Waals surface area contributed by atoms with Gasteiger partial charge < -0.3 is 15.5 Å². The fourth-order valence-corrected chi connectivity index (χ4v) is 4.71. The summed E-state index contributed by atoms with van der Waals surface area (Å²) in [5.41, 5.74) is 2.88. The maximum Gasteiger partial charge on any atom is 0.252 e. The molecule has 0 aliphatic heterocycles. The molecular formula is C24H37ClN3O2P. The predicted octanol–water partition coefficient (Wildman–Crippen LogP) is 5.94. The van der Waals surface area contributed by atoms with Gasteiger partial charge in [0.2, 0.25) is 5.91 Å². The van der Waals surface area contributed by atoms with Crippen molar-refractivity contribution in [3.8, 4) is 0 Å². The topological polar surface area (TPSA) is 61.4 Å². The summed E-state index contributed by atoms with van der Waals surface area (Å²) in [6.07, 6.45) is 9.71. The fourth-order valence-electron chi connectivity index (χ4n) is 3.72. The molecule has 5 nitrogen and oxygen atoms in total. The van der Waals surface area contributed by atoms with E-state index in [1.54, 1.807) is 0 Å². The van der Waals surface area contributed by atoms with E-state index in [4.69, 9.17) is 11.6 Å². The second-order valence-corrected chi connectivity index (χ2v) is 9.99. The lowest BCUT2D eigenvalue weighted by atomic mass is 9.90. The average molecular weight is 466 g/mol. The normalized spacial score (nSPS) is 14.2. The van der Waals surface area contributed by atoms with Crippen molar-refractivity contribution >= 4 is 43.4 Å². The van der Waals surface area contributed by atoms with Crippen LogP contribution in [0.2, 0.25) is 5.02 Å². The molecule has 1 aromatic rings. The van der Waals surface area contributed by atoms with Crippen LogP contribution in [0, 0.1) is 0 Å². The van der Waals surface area contributed by atoms with Crippen LogP contribution in [0.3, 0.4) is 0 Å². The molecule has 0 saturated carbocycles. The highest BCUT2D eigenvalue weighted by Gasteiger charge is 2.24. The van der Waals surface area contributed by atoms with Gasteiger partial charge in [-0.15, -0.1) is 8.58 Å². The van der Waals surface area contributed by atoms with E-state index in [0.29, 0.717) is 41.2 Å². The van der Waals surface area contributed by atoms with Crippen LogP contribution in [-0.4, -0.2) is 37.9 Å². The van der Waals surface area contributed by atoms with E-state index in [1.165, 1.54) is 12.8 Å². The molecule has 0 fully saturated rings. The lowest BCUT2D eigenvalue weighted by Gasteiger charge is -2.22. The van der Waals surface area contributed by atoms with Gasteiger partial charge in [-0.2, -0.15) is 0 Å². The quantitative estimate of drug-likeness (QED) is 0.296.